The Bertz CT molecular complexity index is 392. The molecule has 15 heavy (non-hydrogen) atoms. The van der Waals surface area contributed by atoms with Crippen LogP contribution in [0.15, 0.2) is 23.3 Å². The molecule has 0 aliphatic heterocycles. The summed E-state index contributed by atoms with van der Waals surface area (Å²) in [6.07, 6.45) is 1.35. The van der Waals surface area contributed by atoms with E-state index in [0.717, 1.165) is 0 Å². The van der Waals surface area contributed by atoms with Crippen LogP contribution in [0.2, 0.25) is 0 Å². The van der Waals surface area contributed by atoms with Crippen molar-refractivity contribution in [2.45, 2.75) is 0 Å². The molecule has 4 N–H and O–H groups in total. The van der Waals surface area contributed by atoms with Crippen LogP contribution in [0, 0.1) is 11.2 Å². The second-order valence-electron chi connectivity index (χ2n) is 2.68. The Labute approximate surface area is 86.2 Å². The summed E-state index contributed by atoms with van der Waals surface area (Å²) in [4.78, 5) is 0. The molecule has 0 fully saturated rings. The van der Waals surface area contributed by atoms with E-state index >= 15 is 0 Å². The first-order valence-corrected chi connectivity index (χ1v) is 4.10. The molecule has 0 aliphatic carbocycles. The predicted molar refractivity (Wildman–Crippen MR) is 55.6 cm³/mol. The van der Waals surface area contributed by atoms with Gasteiger partial charge in [0.2, 0.25) is 5.96 Å². The van der Waals surface area contributed by atoms with Gasteiger partial charge in [-0.25, -0.2) is 9.82 Å². The van der Waals surface area contributed by atoms with Gasteiger partial charge in [-0.2, -0.15) is 5.10 Å². The Kier molecular flexibility index (Phi) is 3.61. The number of hydrogen-bond acceptors (Lipinski definition) is 3. The van der Waals surface area contributed by atoms with E-state index in [4.69, 9.17) is 15.9 Å². The van der Waals surface area contributed by atoms with Gasteiger partial charge >= 0.3 is 0 Å². The lowest BCUT2D eigenvalue weighted by Gasteiger charge is -2.01. The molecule has 0 saturated carbocycles. The van der Waals surface area contributed by atoms with Crippen molar-refractivity contribution in [3.63, 3.8) is 0 Å². The van der Waals surface area contributed by atoms with Crippen molar-refractivity contribution in [3.8, 4) is 5.75 Å². The number of methoxy groups -OCH3 is 1. The van der Waals surface area contributed by atoms with Crippen LogP contribution >= 0.6 is 0 Å². The smallest absolute Gasteiger partial charge is 0.206 e. The van der Waals surface area contributed by atoms with Crippen LogP contribution < -0.4 is 15.9 Å². The van der Waals surface area contributed by atoms with Gasteiger partial charge in [0.1, 0.15) is 0 Å². The standard InChI is InChI=1S/C9H11FN4O/c1-15-8-3-2-6(4-7(8)10)5-13-14-9(11)12/h2-5H,1H3,(H4,11,12,14)/b13-5+. The number of nitrogens with two attached hydrogens (primary N) is 1. The SMILES string of the molecule is COc1ccc(/C=N/NC(=N)N)cc1F. The third kappa shape index (κ3) is 3.26. The van der Waals surface area contributed by atoms with Crippen molar-refractivity contribution >= 4 is 12.2 Å². The number of halogens is 1. The van der Waals surface area contributed by atoms with Crippen molar-refractivity contribution in [2.75, 3.05) is 7.11 Å². The first kappa shape index (κ1) is 11.0. The van der Waals surface area contributed by atoms with Crippen LogP contribution in [0.1, 0.15) is 5.56 Å². The van der Waals surface area contributed by atoms with Crippen LogP contribution in [0.4, 0.5) is 4.39 Å². The monoisotopic (exact) mass is 210 g/mol. The fourth-order valence-corrected chi connectivity index (χ4v) is 0.939. The highest BCUT2D eigenvalue weighted by atomic mass is 19.1. The van der Waals surface area contributed by atoms with Gasteiger partial charge in [0.05, 0.1) is 13.3 Å². The normalized spacial score (nSPS) is 10.3. The molecule has 0 atom stereocenters. The topological polar surface area (TPSA) is 83.5 Å². The Hall–Kier alpha value is -2.11. The van der Waals surface area contributed by atoms with Gasteiger partial charge in [0.25, 0.3) is 0 Å². The van der Waals surface area contributed by atoms with Crippen molar-refractivity contribution < 1.29 is 9.13 Å². The molecule has 0 unspecified atom stereocenters. The summed E-state index contributed by atoms with van der Waals surface area (Å²) in [5.74, 6) is -0.573. The van der Waals surface area contributed by atoms with Crippen LogP contribution in [-0.4, -0.2) is 19.3 Å². The Morgan fingerprint density at radius 2 is 2.40 bits per heavy atom. The van der Waals surface area contributed by atoms with E-state index in [1.54, 1.807) is 6.07 Å². The quantitative estimate of drug-likeness (QED) is 0.389. The third-order valence-electron chi connectivity index (χ3n) is 1.57. The molecule has 5 nitrogen and oxygen atoms in total. The Morgan fingerprint density at radius 1 is 1.67 bits per heavy atom. The zero-order chi connectivity index (χ0) is 11.3. The maximum atomic E-state index is 13.2. The summed E-state index contributed by atoms with van der Waals surface area (Å²) in [7, 11) is 1.39. The average Bonchev–Trinajstić information content (AvgIpc) is 2.17. The van der Waals surface area contributed by atoms with Crippen molar-refractivity contribution in [2.24, 2.45) is 10.8 Å². The van der Waals surface area contributed by atoms with E-state index < -0.39 is 5.82 Å². The van der Waals surface area contributed by atoms with Gasteiger partial charge in [-0.05, 0) is 23.8 Å². The molecular weight excluding hydrogens is 199 g/mol. The van der Waals surface area contributed by atoms with Crippen molar-refractivity contribution in [1.82, 2.24) is 5.43 Å². The highest BCUT2D eigenvalue weighted by Crippen LogP contribution is 2.16. The van der Waals surface area contributed by atoms with Crippen LogP contribution in [-0.2, 0) is 0 Å². The molecule has 0 aromatic heterocycles. The number of hydrazone groups is 1. The van der Waals surface area contributed by atoms with Crippen LogP contribution in [0.25, 0.3) is 0 Å². The summed E-state index contributed by atoms with van der Waals surface area (Å²) >= 11 is 0. The fraction of sp³-hybridized carbons (Fsp3) is 0.111. The van der Waals surface area contributed by atoms with E-state index in [2.05, 4.69) is 10.5 Å². The number of guanidine groups is 1. The highest BCUT2D eigenvalue weighted by molar-refractivity contribution is 5.82. The van der Waals surface area contributed by atoms with E-state index in [0.29, 0.717) is 5.56 Å². The number of nitrogens with zero attached hydrogens (tertiary/aromatic N) is 1. The minimum Gasteiger partial charge on any atom is -0.494 e. The van der Waals surface area contributed by atoms with Crippen LogP contribution in [0.3, 0.4) is 0 Å². The zero-order valence-electron chi connectivity index (χ0n) is 8.12. The van der Waals surface area contributed by atoms with Gasteiger partial charge in [0, 0.05) is 0 Å². The number of nitrogens with one attached hydrogen (secondary N) is 2. The second kappa shape index (κ2) is 4.94. The molecule has 0 radical (unpaired) electrons. The Balaban J connectivity index is 2.75. The fourth-order valence-electron chi connectivity index (χ4n) is 0.939. The minimum atomic E-state index is -0.468. The molecule has 0 amide bonds. The number of rotatable bonds is 3. The van der Waals surface area contributed by atoms with Gasteiger partial charge in [-0.3, -0.25) is 5.41 Å². The summed E-state index contributed by atoms with van der Waals surface area (Å²) in [6.45, 7) is 0. The Morgan fingerprint density at radius 3 is 2.93 bits per heavy atom. The lowest BCUT2D eigenvalue weighted by Crippen LogP contribution is -2.25. The van der Waals surface area contributed by atoms with E-state index in [9.17, 15) is 4.39 Å². The molecule has 6 heteroatoms. The largest absolute Gasteiger partial charge is 0.494 e. The van der Waals surface area contributed by atoms with Crippen molar-refractivity contribution in [3.05, 3.63) is 29.6 Å². The lowest BCUT2D eigenvalue weighted by molar-refractivity contribution is 0.386. The van der Waals surface area contributed by atoms with E-state index in [1.165, 1.54) is 25.5 Å². The molecular formula is C9H11FN4O. The van der Waals surface area contributed by atoms with Crippen molar-refractivity contribution in [1.29, 1.82) is 5.41 Å². The third-order valence-corrected chi connectivity index (χ3v) is 1.57. The zero-order valence-corrected chi connectivity index (χ0v) is 8.12. The number of benzene rings is 1. The molecule has 80 valence electrons. The average molecular weight is 210 g/mol. The minimum absolute atomic E-state index is 0.173. The van der Waals surface area contributed by atoms with Gasteiger partial charge in [-0.15, -0.1) is 0 Å². The molecule has 0 bridgehead atoms. The summed E-state index contributed by atoms with van der Waals surface area (Å²) in [5.41, 5.74) is 7.76. The van der Waals surface area contributed by atoms with Crippen LogP contribution in [0.5, 0.6) is 5.75 Å². The molecule has 0 heterocycles. The summed E-state index contributed by atoms with van der Waals surface area (Å²) in [5, 5.41) is 10.4. The molecule has 1 rings (SSSR count). The molecule has 0 aliphatic rings. The molecule has 1 aromatic carbocycles. The molecule has 1 aromatic rings. The predicted octanol–water partition coefficient (Wildman–Crippen LogP) is 0.651. The van der Waals surface area contributed by atoms with E-state index in [1.807, 2.05) is 0 Å². The second-order valence-corrected chi connectivity index (χ2v) is 2.68. The number of hydrogen-bond donors (Lipinski definition) is 3. The maximum Gasteiger partial charge on any atom is 0.206 e. The maximum absolute atomic E-state index is 13.2. The molecule has 0 saturated heterocycles. The van der Waals surface area contributed by atoms with E-state index in [-0.39, 0.29) is 11.7 Å². The first-order valence-electron chi connectivity index (χ1n) is 4.10. The lowest BCUT2D eigenvalue weighted by atomic mass is 10.2. The van der Waals surface area contributed by atoms with Gasteiger partial charge in [0.15, 0.2) is 11.6 Å². The van der Waals surface area contributed by atoms with Gasteiger partial charge in [-0.1, -0.05) is 0 Å². The highest BCUT2D eigenvalue weighted by Gasteiger charge is 2.01. The molecule has 0 spiro atoms. The first-order chi connectivity index (χ1) is 7.13. The number of ether oxygens (including phenoxy) is 1. The summed E-state index contributed by atoms with van der Waals surface area (Å²) < 4.78 is 17.9. The summed E-state index contributed by atoms with van der Waals surface area (Å²) in [6, 6.07) is 4.39. The van der Waals surface area contributed by atoms with Gasteiger partial charge < -0.3 is 10.5 Å².